The van der Waals surface area contributed by atoms with Crippen LogP contribution in [0.4, 0.5) is 0 Å². The smallest absolute Gasteiger partial charge is 0.173 e. The van der Waals surface area contributed by atoms with Crippen molar-refractivity contribution in [2.75, 3.05) is 7.11 Å². The highest BCUT2D eigenvalue weighted by molar-refractivity contribution is 6.50. The molecule has 1 aromatic rings. The molecule has 0 saturated heterocycles. The molecule has 66 valence electrons. The molecule has 0 fully saturated rings. The summed E-state index contributed by atoms with van der Waals surface area (Å²) < 4.78 is 5.31. The van der Waals surface area contributed by atoms with Gasteiger partial charge in [0.05, 0.1) is 0 Å². The van der Waals surface area contributed by atoms with Gasteiger partial charge in [-0.1, -0.05) is 30.3 Å². The minimum atomic E-state index is -0.851. The second-order valence-corrected chi connectivity index (χ2v) is 5.74. The second kappa shape index (κ2) is 5.12. The van der Waals surface area contributed by atoms with E-state index < -0.39 is 9.04 Å². The molecule has 1 nitrogen and oxygen atoms in total. The monoisotopic (exact) mass is 180 g/mol. The molecule has 1 unspecified atom stereocenters. The van der Waals surface area contributed by atoms with Gasteiger partial charge in [0.1, 0.15) is 0 Å². The fourth-order valence-electron chi connectivity index (χ4n) is 1.13. The first kappa shape index (κ1) is 9.48. The summed E-state index contributed by atoms with van der Waals surface area (Å²) in [5, 5.41) is 0. The Morgan fingerprint density at radius 1 is 1.25 bits per heavy atom. The quantitative estimate of drug-likeness (QED) is 0.646. The largest absolute Gasteiger partial charge is 0.423 e. The lowest BCUT2D eigenvalue weighted by molar-refractivity contribution is 0.423. The standard InChI is InChI=1S/C10H16OSi/c1-11-12(2)9-8-10-6-4-3-5-7-10/h3-7,12H,8-9H2,1-2H3. The molecule has 1 atom stereocenters. The van der Waals surface area contributed by atoms with Crippen LogP contribution in [0.2, 0.25) is 12.6 Å². The van der Waals surface area contributed by atoms with Gasteiger partial charge < -0.3 is 4.43 Å². The van der Waals surface area contributed by atoms with Gasteiger partial charge in [0, 0.05) is 7.11 Å². The Balaban J connectivity index is 2.33. The highest BCUT2D eigenvalue weighted by Gasteiger charge is 2.01. The highest BCUT2D eigenvalue weighted by atomic mass is 28.3. The van der Waals surface area contributed by atoms with Crippen LogP contribution in [0.15, 0.2) is 30.3 Å². The van der Waals surface area contributed by atoms with Crippen molar-refractivity contribution in [1.82, 2.24) is 0 Å². The van der Waals surface area contributed by atoms with Crippen molar-refractivity contribution < 1.29 is 4.43 Å². The Morgan fingerprint density at radius 2 is 1.92 bits per heavy atom. The molecule has 1 rings (SSSR count). The zero-order chi connectivity index (χ0) is 8.81. The maximum atomic E-state index is 5.31. The fraction of sp³-hybridized carbons (Fsp3) is 0.400. The lowest BCUT2D eigenvalue weighted by Gasteiger charge is -2.06. The van der Waals surface area contributed by atoms with Gasteiger partial charge in [-0.3, -0.25) is 0 Å². The highest BCUT2D eigenvalue weighted by Crippen LogP contribution is 2.05. The molecule has 0 saturated carbocycles. The molecule has 12 heavy (non-hydrogen) atoms. The summed E-state index contributed by atoms with van der Waals surface area (Å²) in [6.07, 6.45) is 1.17. The van der Waals surface area contributed by atoms with E-state index in [4.69, 9.17) is 4.43 Å². The minimum absolute atomic E-state index is 0.851. The van der Waals surface area contributed by atoms with Gasteiger partial charge >= 0.3 is 0 Å². The zero-order valence-electron chi connectivity index (χ0n) is 7.79. The predicted octanol–water partition coefficient (Wildman–Crippen LogP) is 2.23. The van der Waals surface area contributed by atoms with Crippen LogP contribution in [-0.4, -0.2) is 16.2 Å². The van der Waals surface area contributed by atoms with E-state index >= 15 is 0 Å². The van der Waals surface area contributed by atoms with Gasteiger partial charge in [0.2, 0.25) is 0 Å². The first-order chi connectivity index (χ1) is 5.83. The molecule has 2 heteroatoms. The summed E-state index contributed by atoms with van der Waals surface area (Å²) in [5.41, 5.74) is 1.42. The lowest BCUT2D eigenvalue weighted by atomic mass is 10.2. The van der Waals surface area contributed by atoms with Gasteiger partial charge in [0.15, 0.2) is 9.04 Å². The molecule has 0 heterocycles. The van der Waals surface area contributed by atoms with Crippen molar-refractivity contribution >= 4 is 9.04 Å². The third kappa shape index (κ3) is 3.20. The topological polar surface area (TPSA) is 9.23 Å². The van der Waals surface area contributed by atoms with Crippen LogP contribution in [0.1, 0.15) is 5.56 Å². The van der Waals surface area contributed by atoms with Gasteiger partial charge in [0.25, 0.3) is 0 Å². The minimum Gasteiger partial charge on any atom is -0.423 e. The van der Waals surface area contributed by atoms with Gasteiger partial charge in [-0.05, 0) is 24.6 Å². The lowest BCUT2D eigenvalue weighted by Crippen LogP contribution is -2.10. The molecule has 0 aliphatic heterocycles. The van der Waals surface area contributed by atoms with Gasteiger partial charge in [-0.15, -0.1) is 0 Å². The van der Waals surface area contributed by atoms with Crippen molar-refractivity contribution in [3.8, 4) is 0 Å². The predicted molar refractivity (Wildman–Crippen MR) is 55.0 cm³/mol. The van der Waals surface area contributed by atoms with Crippen molar-refractivity contribution in [3.63, 3.8) is 0 Å². The SMILES string of the molecule is CO[SiH](C)CCc1ccccc1. The number of hydrogen-bond acceptors (Lipinski definition) is 1. The van der Waals surface area contributed by atoms with Crippen molar-refractivity contribution in [2.24, 2.45) is 0 Å². The van der Waals surface area contributed by atoms with Crippen LogP contribution >= 0.6 is 0 Å². The Bertz CT molecular complexity index is 210. The van der Waals surface area contributed by atoms with E-state index in [1.54, 1.807) is 0 Å². The maximum absolute atomic E-state index is 5.31. The fourth-order valence-corrected chi connectivity index (χ4v) is 2.11. The summed E-state index contributed by atoms with van der Waals surface area (Å²) >= 11 is 0. The number of aryl methyl sites for hydroxylation is 1. The van der Waals surface area contributed by atoms with E-state index in [0.717, 1.165) is 0 Å². The van der Waals surface area contributed by atoms with Gasteiger partial charge in [-0.2, -0.15) is 0 Å². The van der Waals surface area contributed by atoms with E-state index in [9.17, 15) is 0 Å². The van der Waals surface area contributed by atoms with Crippen LogP contribution in [-0.2, 0) is 10.8 Å². The molecule has 0 bridgehead atoms. The van der Waals surface area contributed by atoms with Gasteiger partial charge in [-0.25, -0.2) is 0 Å². The molecule has 0 aliphatic rings. The first-order valence-electron chi connectivity index (χ1n) is 4.39. The Morgan fingerprint density at radius 3 is 2.50 bits per heavy atom. The molecule has 1 aromatic carbocycles. The average molecular weight is 180 g/mol. The van der Waals surface area contributed by atoms with E-state index in [1.807, 2.05) is 7.11 Å². The summed E-state index contributed by atoms with van der Waals surface area (Å²) in [7, 11) is 0.970. The van der Waals surface area contributed by atoms with E-state index in [1.165, 1.54) is 18.0 Å². The first-order valence-corrected chi connectivity index (χ1v) is 6.84. The third-order valence-corrected chi connectivity index (χ3v) is 3.99. The maximum Gasteiger partial charge on any atom is 0.173 e. The normalized spacial score (nSPS) is 12.8. The molecule has 0 spiro atoms. The molecular formula is C10H16OSi. The third-order valence-electron chi connectivity index (χ3n) is 2.08. The molecule has 0 radical (unpaired) electrons. The van der Waals surface area contributed by atoms with E-state index in [0.29, 0.717) is 0 Å². The molecule has 0 aromatic heterocycles. The van der Waals surface area contributed by atoms with E-state index in [-0.39, 0.29) is 0 Å². The number of hydrogen-bond donors (Lipinski definition) is 0. The molecule has 0 aliphatic carbocycles. The Kier molecular flexibility index (Phi) is 4.04. The number of rotatable bonds is 4. The Labute approximate surface area is 76.1 Å². The summed E-state index contributed by atoms with van der Waals surface area (Å²) in [4.78, 5) is 0. The van der Waals surface area contributed by atoms with E-state index in [2.05, 4.69) is 36.9 Å². The summed E-state index contributed by atoms with van der Waals surface area (Å²) in [6, 6.07) is 11.8. The average Bonchev–Trinajstić information content (AvgIpc) is 2.16. The van der Waals surface area contributed by atoms with Crippen molar-refractivity contribution in [2.45, 2.75) is 19.0 Å². The van der Waals surface area contributed by atoms with Crippen LogP contribution in [0, 0.1) is 0 Å². The summed E-state index contributed by atoms with van der Waals surface area (Å²) in [6.45, 7) is 2.24. The zero-order valence-corrected chi connectivity index (χ0v) is 8.94. The number of benzene rings is 1. The summed E-state index contributed by atoms with van der Waals surface area (Å²) in [5.74, 6) is 0. The van der Waals surface area contributed by atoms with Crippen LogP contribution in [0.3, 0.4) is 0 Å². The molecule has 0 amide bonds. The van der Waals surface area contributed by atoms with Crippen molar-refractivity contribution in [3.05, 3.63) is 35.9 Å². The molecule has 0 N–H and O–H groups in total. The van der Waals surface area contributed by atoms with Crippen molar-refractivity contribution in [1.29, 1.82) is 0 Å². The Hall–Kier alpha value is -0.603. The van der Waals surface area contributed by atoms with Crippen LogP contribution < -0.4 is 0 Å². The molecular weight excluding hydrogens is 164 g/mol. The van der Waals surface area contributed by atoms with Crippen LogP contribution in [0.5, 0.6) is 0 Å². The second-order valence-electron chi connectivity index (χ2n) is 3.07. The van der Waals surface area contributed by atoms with Crippen LogP contribution in [0.25, 0.3) is 0 Å².